The minimum atomic E-state index is -0.857. The molecule has 0 bridgehead atoms. The van der Waals surface area contributed by atoms with Gasteiger partial charge in [-0.25, -0.2) is 0 Å². The number of ether oxygens (including phenoxy) is 1. The van der Waals surface area contributed by atoms with Gasteiger partial charge in [0.05, 0.1) is 7.11 Å². The molecule has 2 aromatic carbocycles. The summed E-state index contributed by atoms with van der Waals surface area (Å²) in [6, 6.07) is 14.2. The first-order valence-electron chi connectivity index (χ1n) is 13.6. The summed E-state index contributed by atoms with van der Waals surface area (Å²) in [7, 11) is 1.60. The van der Waals surface area contributed by atoms with Crippen LogP contribution in [0.1, 0.15) is 75.0 Å². The van der Waals surface area contributed by atoms with E-state index in [-0.39, 0.29) is 36.6 Å². The fraction of sp³-hybridized carbons (Fsp3) is 0.500. The number of amides is 3. The highest BCUT2D eigenvalue weighted by Crippen LogP contribution is 2.31. The van der Waals surface area contributed by atoms with Crippen molar-refractivity contribution in [3.05, 3.63) is 59.7 Å². The van der Waals surface area contributed by atoms with E-state index >= 15 is 0 Å². The van der Waals surface area contributed by atoms with E-state index in [4.69, 9.17) is 4.74 Å². The van der Waals surface area contributed by atoms with E-state index in [2.05, 4.69) is 5.32 Å². The summed E-state index contributed by atoms with van der Waals surface area (Å²) in [6.45, 7) is 3.50. The molecule has 1 saturated carbocycles. The predicted molar refractivity (Wildman–Crippen MR) is 144 cm³/mol. The van der Waals surface area contributed by atoms with Crippen LogP contribution in [0.3, 0.4) is 0 Å². The molecular formula is C30H39N3O4. The monoisotopic (exact) mass is 505 g/mol. The maximum Gasteiger partial charge on any atom is 0.248 e. The average molecular weight is 506 g/mol. The summed E-state index contributed by atoms with van der Waals surface area (Å²) in [5.41, 5.74) is 2.41. The lowest BCUT2D eigenvalue weighted by Crippen LogP contribution is -2.47. The largest absolute Gasteiger partial charge is 0.497 e. The summed E-state index contributed by atoms with van der Waals surface area (Å²) >= 11 is 0. The zero-order valence-corrected chi connectivity index (χ0v) is 22.1. The number of aryl methyl sites for hydroxylation is 1. The molecule has 2 aliphatic rings. The Bertz CT molecular complexity index is 1060. The summed E-state index contributed by atoms with van der Waals surface area (Å²) in [6.07, 6.45) is 7.48. The highest BCUT2D eigenvalue weighted by Gasteiger charge is 2.34. The number of hydrogen-bond donors (Lipinski definition) is 1. The average Bonchev–Trinajstić information content (AvgIpc) is 3.47. The molecule has 0 radical (unpaired) electrons. The molecule has 1 aliphatic carbocycles. The van der Waals surface area contributed by atoms with Gasteiger partial charge in [-0.2, -0.15) is 0 Å². The van der Waals surface area contributed by atoms with Gasteiger partial charge in [0.15, 0.2) is 0 Å². The second-order valence-electron chi connectivity index (χ2n) is 10.2. The molecule has 0 spiro atoms. The van der Waals surface area contributed by atoms with Crippen molar-refractivity contribution in [1.82, 2.24) is 10.2 Å². The third-order valence-electron chi connectivity index (χ3n) is 7.48. The number of anilines is 1. The van der Waals surface area contributed by atoms with Crippen LogP contribution in [0.4, 0.5) is 5.69 Å². The zero-order valence-electron chi connectivity index (χ0n) is 22.1. The van der Waals surface area contributed by atoms with E-state index in [1.54, 1.807) is 12.0 Å². The molecule has 7 heteroatoms. The Kier molecular flexibility index (Phi) is 9.20. The molecule has 3 amide bonds. The molecule has 0 aromatic heterocycles. The van der Waals surface area contributed by atoms with Crippen molar-refractivity contribution in [2.75, 3.05) is 25.1 Å². The normalized spacial score (nSPS) is 16.8. The van der Waals surface area contributed by atoms with Gasteiger partial charge >= 0.3 is 0 Å². The van der Waals surface area contributed by atoms with Gasteiger partial charge in [0.2, 0.25) is 17.7 Å². The number of carbonyl (C=O) groups excluding carboxylic acids is 3. The molecule has 0 unspecified atom stereocenters. The summed E-state index contributed by atoms with van der Waals surface area (Å²) < 4.78 is 5.33. The van der Waals surface area contributed by atoms with Gasteiger partial charge in [0, 0.05) is 37.7 Å². The molecule has 37 heavy (non-hydrogen) atoms. The van der Waals surface area contributed by atoms with E-state index in [9.17, 15) is 14.4 Å². The molecule has 1 atom stereocenters. The summed E-state index contributed by atoms with van der Waals surface area (Å²) in [5.74, 6) is 0.245. The first kappa shape index (κ1) is 26.7. The Morgan fingerprint density at radius 2 is 1.57 bits per heavy atom. The second kappa shape index (κ2) is 12.7. The van der Waals surface area contributed by atoms with Crippen LogP contribution < -0.4 is 15.0 Å². The van der Waals surface area contributed by atoms with Crippen molar-refractivity contribution in [3.8, 4) is 5.75 Å². The van der Waals surface area contributed by atoms with E-state index in [1.165, 1.54) is 6.42 Å². The SMILES string of the molecule is COc1ccc([C@@H](C(=O)NC2CCCCC2)N(C(=O)CCC(=O)N2CCCC2)c2ccc(C)cc2)cc1. The van der Waals surface area contributed by atoms with Gasteiger partial charge in [-0.3, -0.25) is 19.3 Å². The Balaban J connectivity index is 1.65. The van der Waals surface area contributed by atoms with Crippen molar-refractivity contribution >= 4 is 23.4 Å². The molecule has 198 valence electrons. The van der Waals surface area contributed by atoms with E-state index in [0.29, 0.717) is 17.0 Å². The standard InChI is InChI=1S/C30H39N3O4/c1-22-10-14-25(15-11-22)33(28(35)19-18-27(34)32-20-6-7-21-32)29(23-12-16-26(37-2)17-13-23)30(36)31-24-8-4-3-5-9-24/h10-17,24,29H,3-9,18-21H2,1-2H3,(H,31,36)/t29-/m0/s1. The zero-order chi connectivity index (χ0) is 26.2. The molecular weight excluding hydrogens is 466 g/mol. The maximum absolute atomic E-state index is 13.9. The first-order chi connectivity index (χ1) is 18.0. The number of likely N-dealkylation sites (tertiary alicyclic amines) is 1. The van der Waals surface area contributed by atoms with Gasteiger partial charge in [-0.05, 0) is 62.4 Å². The van der Waals surface area contributed by atoms with Crippen molar-refractivity contribution in [2.45, 2.75) is 76.8 Å². The lowest BCUT2D eigenvalue weighted by Gasteiger charge is -2.33. The van der Waals surface area contributed by atoms with Gasteiger partial charge in [0.25, 0.3) is 0 Å². The maximum atomic E-state index is 13.9. The minimum absolute atomic E-state index is 0.00219. The smallest absolute Gasteiger partial charge is 0.248 e. The molecule has 4 rings (SSSR count). The van der Waals surface area contributed by atoms with Crippen LogP contribution in [0.15, 0.2) is 48.5 Å². The molecule has 2 aromatic rings. The number of carbonyl (C=O) groups is 3. The van der Waals surface area contributed by atoms with Crippen molar-refractivity contribution in [2.24, 2.45) is 0 Å². The summed E-state index contributed by atoms with van der Waals surface area (Å²) in [4.78, 5) is 43.9. The van der Waals surface area contributed by atoms with Crippen LogP contribution in [0.2, 0.25) is 0 Å². The fourth-order valence-corrected chi connectivity index (χ4v) is 5.33. The fourth-order valence-electron chi connectivity index (χ4n) is 5.33. The van der Waals surface area contributed by atoms with Crippen LogP contribution in [-0.2, 0) is 14.4 Å². The molecule has 1 heterocycles. The lowest BCUT2D eigenvalue weighted by atomic mass is 9.94. The highest BCUT2D eigenvalue weighted by molar-refractivity contribution is 6.02. The van der Waals surface area contributed by atoms with Crippen molar-refractivity contribution in [3.63, 3.8) is 0 Å². The molecule has 1 aliphatic heterocycles. The van der Waals surface area contributed by atoms with E-state index in [1.807, 2.05) is 60.4 Å². The molecule has 1 saturated heterocycles. The topological polar surface area (TPSA) is 79.0 Å². The van der Waals surface area contributed by atoms with Crippen LogP contribution >= 0.6 is 0 Å². The van der Waals surface area contributed by atoms with Crippen LogP contribution in [0.5, 0.6) is 5.75 Å². The molecule has 7 nitrogen and oxygen atoms in total. The lowest BCUT2D eigenvalue weighted by molar-refractivity contribution is -0.132. The Hall–Kier alpha value is -3.35. The Labute approximate surface area is 220 Å². The number of methoxy groups -OCH3 is 1. The number of hydrogen-bond acceptors (Lipinski definition) is 4. The first-order valence-corrected chi connectivity index (χ1v) is 13.6. The Morgan fingerprint density at radius 1 is 0.919 bits per heavy atom. The van der Waals surface area contributed by atoms with Crippen LogP contribution in [-0.4, -0.2) is 48.9 Å². The number of nitrogens with one attached hydrogen (secondary N) is 1. The van der Waals surface area contributed by atoms with Gasteiger partial charge in [-0.15, -0.1) is 0 Å². The third kappa shape index (κ3) is 6.90. The van der Waals surface area contributed by atoms with Gasteiger partial charge in [-0.1, -0.05) is 49.1 Å². The van der Waals surface area contributed by atoms with E-state index in [0.717, 1.165) is 57.2 Å². The predicted octanol–water partition coefficient (Wildman–Crippen LogP) is 4.93. The highest BCUT2D eigenvalue weighted by atomic mass is 16.5. The number of benzene rings is 2. The van der Waals surface area contributed by atoms with Crippen LogP contribution in [0, 0.1) is 6.92 Å². The number of rotatable bonds is 9. The number of nitrogens with zero attached hydrogens (tertiary/aromatic N) is 2. The minimum Gasteiger partial charge on any atom is -0.497 e. The summed E-state index contributed by atoms with van der Waals surface area (Å²) in [5, 5.41) is 3.23. The van der Waals surface area contributed by atoms with E-state index < -0.39 is 6.04 Å². The molecule has 1 N–H and O–H groups in total. The molecule has 2 fully saturated rings. The second-order valence-corrected chi connectivity index (χ2v) is 10.2. The van der Waals surface area contributed by atoms with Crippen molar-refractivity contribution < 1.29 is 19.1 Å². The quantitative estimate of drug-likeness (QED) is 0.524. The van der Waals surface area contributed by atoms with Crippen molar-refractivity contribution in [1.29, 1.82) is 0 Å². The third-order valence-corrected chi connectivity index (χ3v) is 7.48. The Morgan fingerprint density at radius 3 is 2.19 bits per heavy atom. The van der Waals surface area contributed by atoms with Gasteiger partial charge in [0.1, 0.15) is 11.8 Å². The van der Waals surface area contributed by atoms with Crippen LogP contribution in [0.25, 0.3) is 0 Å². The van der Waals surface area contributed by atoms with Gasteiger partial charge < -0.3 is 15.0 Å².